The molecule has 0 bridgehead atoms. The van der Waals surface area contributed by atoms with Gasteiger partial charge in [0.2, 0.25) is 0 Å². The van der Waals surface area contributed by atoms with Gasteiger partial charge in [-0.05, 0) is 79.4 Å². The Labute approximate surface area is 270 Å². The molecule has 10 nitrogen and oxygen atoms in total. The molecule has 45 heavy (non-hydrogen) atoms. The minimum Gasteiger partial charge on any atom is -0.393 e. The third kappa shape index (κ3) is 5.95. The predicted molar refractivity (Wildman–Crippen MR) is 167 cm³/mol. The lowest BCUT2D eigenvalue weighted by Crippen LogP contribution is -2.71. The molecule has 0 spiro atoms. The van der Waals surface area contributed by atoms with Gasteiger partial charge in [0.1, 0.15) is 18.3 Å². The first-order valence-electron chi connectivity index (χ1n) is 17.5. The zero-order valence-corrected chi connectivity index (χ0v) is 28.8. The van der Waals surface area contributed by atoms with Crippen molar-refractivity contribution in [3.05, 3.63) is 0 Å². The molecule has 1 saturated heterocycles. The SMILES string of the molecule is CO[C@@H]1[C@@H](OC)[C@H](O[C@H]2CC[C@@]3(C)[C@H]([C@H]2O)[C@H](O)C[C@]2(O)[C@@H]3CC[C@]3(C)[C@@H]([C@H](C)CC[C@H](O)C(C)C)C[C@@H](O)[C@H]32)OC[C@H]1OC. The van der Waals surface area contributed by atoms with E-state index >= 15 is 0 Å². The molecule has 1 aliphatic heterocycles. The molecular weight excluding hydrogens is 580 g/mol. The number of hydrogen-bond acceptors (Lipinski definition) is 10. The van der Waals surface area contributed by atoms with Gasteiger partial charge in [-0.2, -0.15) is 0 Å². The second kappa shape index (κ2) is 13.5. The van der Waals surface area contributed by atoms with Crippen molar-refractivity contribution < 1.29 is 49.2 Å². The smallest absolute Gasteiger partial charge is 0.186 e. The first-order valence-corrected chi connectivity index (χ1v) is 17.5. The van der Waals surface area contributed by atoms with Crippen LogP contribution in [0.3, 0.4) is 0 Å². The fourth-order valence-electron chi connectivity index (χ4n) is 11.4. The van der Waals surface area contributed by atoms with Crippen LogP contribution in [0.1, 0.15) is 86.0 Å². The molecule has 0 unspecified atom stereocenters. The van der Waals surface area contributed by atoms with Gasteiger partial charge in [-0.1, -0.05) is 34.6 Å². The van der Waals surface area contributed by atoms with Crippen LogP contribution < -0.4 is 0 Å². The Balaban J connectivity index is 1.33. The average molecular weight is 643 g/mol. The number of hydrogen-bond donors (Lipinski definition) is 5. The number of methoxy groups -OCH3 is 3. The highest BCUT2D eigenvalue weighted by molar-refractivity contribution is 5.21. The standard InChI is InChI=1S/C35H62O10/c1-18(2)21(36)10-9-19(3)20-15-22(37)31-33(20,4)14-12-26-34(5)13-11-24(28(39)27(34)23(38)16-35(26,31)40)45-32-30(43-8)29(42-7)25(41-6)17-44-32/h18-32,36-40H,9-17H2,1-8H3/t19-,20-,21+,22-,23-,24+,25-,26-,27+,28+,29+,30-,31-,32+,33-,34-,35+/m1/s1. The maximum absolute atomic E-state index is 12.7. The number of fused-ring (bicyclic) bond motifs is 5. The molecule has 4 aliphatic carbocycles. The molecular formula is C35H62O10. The summed E-state index contributed by atoms with van der Waals surface area (Å²) < 4.78 is 29.3. The predicted octanol–water partition coefficient (Wildman–Crippen LogP) is 2.89. The lowest BCUT2D eigenvalue weighted by Gasteiger charge is -2.66. The highest BCUT2D eigenvalue weighted by atomic mass is 16.7. The van der Waals surface area contributed by atoms with Crippen LogP contribution in [-0.2, 0) is 23.7 Å². The average Bonchev–Trinajstić information content (AvgIpc) is 3.27. The summed E-state index contributed by atoms with van der Waals surface area (Å²) in [5.41, 5.74) is -2.06. The minimum atomic E-state index is -1.25. The van der Waals surface area contributed by atoms with Crippen molar-refractivity contribution in [1.82, 2.24) is 0 Å². The topological polar surface area (TPSA) is 147 Å². The van der Waals surface area contributed by atoms with E-state index in [4.69, 9.17) is 23.7 Å². The highest BCUT2D eigenvalue weighted by Crippen LogP contribution is 2.70. The van der Waals surface area contributed by atoms with Crippen LogP contribution in [0, 0.1) is 46.3 Å². The van der Waals surface area contributed by atoms with Crippen LogP contribution in [-0.4, -0.2) is 114 Å². The molecule has 1 heterocycles. The quantitative estimate of drug-likeness (QED) is 0.226. The van der Waals surface area contributed by atoms with E-state index in [9.17, 15) is 25.5 Å². The summed E-state index contributed by atoms with van der Waals surface area (Å²) in [6, 6.07) is 0. The Morgan fingerprint density at radius 2 is 1.51 bits per heavy atom. The Hall–Kier alpha value is -0.400. The Morgan fingerprint density at radius 3 is 2.13 bits per heavy atom. The van der Waals surface area contributed by atoms with E-state index in [1.807, 2.05) is 13.8 Å². The molecule has 0 radical (unpaired) electrons. The fraction of sp³-hybridized carbons (Fsp3) is 1.00. The lowest BCUT2D eigenvalue weighted by atomic mass is 9.41. The maximum Gasteiger partial charge on any atom is 0.186 e. The van der Waals surface area contributed by atoms with Crippen LogP contribution in [0.25, 0.3) is 0 Å². The molecule has 0 aromatic heterocycles. The summed E-state index contributed by atoms with van der Waals surface area (Å²) in [4.78, 5) is 0. The van der Waals surface area contributed by atoms with Gasteiger partial charge in [0, 0.05) is 39.6 Å². The van der Waals surface area contributed by atoms with Crippen LogP contribution in [0.4, 0.5) is 0 Å². The van der Waals surface area contributed by atoms with E-state index < -0.39 is 59.8 Å². The van der Waals surface area contributed by atoms with Gasteiger partial charge in [-0.25, -0.2) is 0 Å². The summed E-state index contributed by atoms with van der Waals surface area (Å²) in [5.74, 6) is -0.298. The van der Waals surface area contributed by atoms with E-state index in [2.05, 4.69) is 20.8 Å². The third-order valence-corrected chi connectivity index (χ3v) is 13.7. The van der Waals surface area contributed by atoms with Crippen LogP contribution in [0.15, 0.2) is 0 Å². The Bertz CT molecular complexity index is 997. The zero-order valence-electron chi connectivity index (χ0n) is 28.8. The number of aliphatic hydroxyl groups is 5. The van der Waals surface area contributed by atoms with E-state index in [1.165, 1.54) is 0 Å². The Kier molecular flexibility index (Phi) is 10.8. The monoisotopic (exact) mass is 642 g/mol. The summed E-state index contributed by atoms with van der Waals surface area (Å²) in [7, 11) is 4.77. The molecule has 5 rings (SSSR count). The minimum absolute atomic E-state index is 0.119. The number of ether oxygens (including phenoxy) is 5. The molecule has 10 heteroatoms. The molecule has 0 aromatic carbocycles. The highest BCUT2D eigenvalue weighted by Gasteiger charge is 2.72. The van der Waals surface area contributed by atoms with Gasteiger partial charge in [0.05, 0.1) is 42.7 Å². The van der Waals surface area contributed by atoms with Crippen LogP contribution >= 0.6 is 0 Å². The van der Waals surface area contributed by atoms with Crippen molar-refractivity contribution in [2.75, 3.05) is 27.9 Å². The van der Waals surface area contributed by atoms with Crippen LogP contribution in [0.2, 0.25) is 0 Å². The second-order valence-electron chi connectivity index (χ2n) is 16.2. The van der Waals surface area contributed by atoms with Crippen LogP contribution in [0.5, 0.6) is 0 Å². The van der Waals surface area contributed by atoms with Gasteiger partial charge in [-0.15, -0.1) is 0 Å². The first-order chi connectivity index (χ1) is 21.2. The fourth-order valence-corrected chi connectivity index (χ4v) is 11.4. The molecule has 5 fully saturated rings. The van der Waals surface area contributed by atoms with E-state index in [-0.39, 0.29) is 54.3 Å². The van der Waals surface area contributed by atoms with Crippen molar-refractivity contribution in [2.24, 2.45) is 46.3 Å². The van der Waals surface area contributed by atoms with Crippen molar-refractivity contribution in [3.63, 3.8) is 0 Å². The lowest BCUT2D eigenvalue weighted by molar-refractivity contribution is -0.323. The van der Waals surface area contributed by atoms with Crippen molar-refractivity contribution in [1.29, 1.82) is 0 Å². The zero-order chi connectivity index (χ0) is 33.1. The van der Waals surface area contributed by atoms with Crippen molar-refractivity contribution in [2.45, 2.75) is 147 Å². The normalized spacial score (nSPS) is 51.3. The molecule has 4 saturated carbocycles. The summed E-state index contributed by atoms with van der Waals surface area (Å²) in [6.45, 7) is 10.9. The van der Waals surface area contributed by atoms with Crippen molar-refractivity contribution in [3.8, 4) is 0 Å². The number of aliphatic hydroxyl groups excluding tert-OH is 4. The summed E-state index contributed by atoms with van der Waals surface area (Å²) in [5, 5.41) is 58.5. The third-order valence-electron chi connectivity index (χ3n) is 13.7. The summed E-state index contributed by atoms with van der Waals surface area (Å²) in [6.07, 6.45) is -0.343. The maximum atomic E-state index is 12.7. The van der Waals surface area contributed by atoms with E-state index in [0.29, 0.717) is 25.2 Å². The van der Waals surface area contributed by atoms with Gasteiger partial charge < -0.3 is 49.2 Å². The molecule has 5 N–H and O–H groups in total. The molecule has 5 aliphatic rings. The van der Waals surface area contributed by atoms with Gasteiger partial charge in [0.25, 0.3) is 0 Å². The van der Waals surface area contributed by atoms with Gasteiger partial charge in [0.15, 0.2) is 6.29 Å². The van der Waals surface area contributed by atoms with Gasteiger partial charge >= 0.3 is 0 Å². The van der Waals surface area contributed by atoms with E-state index in [1.54, 1.807) is 21.3 Å². The van der Waals surface area contributed by atoms with Crippen molar-refractivity contribution >= 4 is 0 Å². The first kappa shape index (κ1) is 35.9. The second-order valence-corrected chi connectivity index (χ2v) is 16.2. The summed E-state index contributed by atoms with van der Waals surface area (Å²) >= 11 is 0. The van der Waals surface area contributed by atoms with Gasteiger partial charge in [-0.3, -0.25) is 0 Å². The largest absolute Gasteiger partial charge is 0.393 e. The molecule has 0 aromatic rings. The Morgan fingerprint density at radius 1 is 0.844 bits per heavy atom. The molecule has 262 valence electrons. The van der Waals surface area contributed by atoms with E-state index in [0.717, 1.165) is 25.7 Å². The number of rotatable bonds is 10. The molecule has 0 amide bonds. The molecule has 17 atom stereocenters.